The fourth-order valence-electron chi connectivity index (χ4n) is 2.29. The molecular formula is C17H15N3OS. The fourth-order valence-corrected chi connectivity index (χ4v) is 3.21. The molecular weight excluding hydrogens is 294 g/mol. The number of nitrogens with two attached hydrogens (primary N) is 1. The highest BCUT2D eigenvalue weighted by Crippen LogP contribution is 2.34. The average molecular weight is 309 g/mol. The van der Waals surface area contributed by atoms with Crippen LogP contribution < -0.4 is 5.73 Å². The Hall–Kier alpha value is -2.53. The number of thiazole rings is 1. The molecule has 0 saturated carbocycles. The molecule has 110 valence electrons. The molecule has 0 aliphatic heterocycles. The van der Waals surface area contributed by atoms with E-state index in [0.717, 1.165) is 32.3 Å². The van der Waals surface area contributed by atoms with E-state index in [1.165, 1.54) is 0 Å². The number of aryl methyl sites for hydroxylation is 2. The molecule has 3 rings (SSSR count). The minimum absolute atomic E-state index is 0.432. The summed E-state index contributed by atoms with van der Waals surface area (Å²) in [6.45, 7) is 4.09. The van der Waals surface area contributed by atoms with Crippen molar-refractivity contribution in [1.82, 2.24) is 9.97 Å². The number of pyridine rings is 1. The zero-order valence-corrected chi connectivity index (χ0v) is 13.1. The molecule has 0 unspecified atom stereocenters. The van der Waals surface area contributed by atoms with Crippen LogP contribution in [-0.4, -0.2) is 15.9 Å². The first kappa shape index (κ1) is 14.4. The maximum Gasteiger partial charge on any atom is 0.248 e. The highest BCUT2D eigenvalue weighted by Gasteiger charge is 2.14. The van der Waals surface area contributed by atoms with E-state index < -0.39 is 5.91 Å². The summed E-state index contributed by atoms with van der Waals surface area (Å²) in [7, 11) is 0. The van der Waals surface area contributed by atoms with E-state index in [4.69, 9.17) is 10.7 Å². The number of rotatable bonds is 3. The summed E-state index contributed by atoms with van der Waals surface area (Å²) in [5.74, 6) is -0.432. The van der Waals surface area contributed by atoms with Gasteiger partial charge in [-0.2, -0.15) is 0 Å². The summed E-state index contributed by atoms with van der Waals surface area (Å²) in [6, 6.07) is 9.21. The smallest absolute Gasteiger partial charge is 0.248 e. The lowest BCUT2D eigenvalue weighted by Gasteiger charge is -2.02. The number of hydrogen-bond donors (Lipinski definition) is 1. The Morgan fingerprint density at radius 3 is 2.77 bits per heavy atom. The summed E-state index contributed by atoms with van der Waals surface area (Å²) in [6.07, 6.45) is 3.61. The van der Waals surface area contributed by atoms with Gasteiger partial charge in [0.15, 0.2) is 0 Å². The maximum atomic E-state index is 11.3. The van der Waals surface area contributed by atoms with Gasteiger partial charge in [0.25, 0.3) is 0 Å². The van der Waals surface area contributed by atoms with Crippen LogP contribution in [0.25, 0.3) is 21.8 Å². The van der Waals surface area contributed by atoms with Crippen molar-refractivity contribution < 1.29 is 4.79 Å². The van der Waals surface area contributed by atoms with Crippen LogP contribution in [0.1, 0.15) is 20.8 Å². The fraction of sp³-hybridized carbons (Fsp3) is 0.118. The second-order valence-corrected chi connectivity index (χ2v) is 6.26. The molecule has 0 atom stereocenters. The lowest BCUT2D eigenvalue weighted by atomic mass is 10.1. The molecule has 2 heterocycles. The average Bonchev–Trinajstić information content (AvgIpc) is 2.90. The van der Waals surface area contributed by atoms with Gasteiger partial charge >= 0.3 is 0 Å². The Morgan fingerprint density at radius 2 is 2.05 bits per heavy atom. The number of primary amides is 1. The van der Waals surface area contributed by atoms with Gasteiger partial charge in [-0.25, -0.2) is 4.98 Å². The van der Waals surface area contributed by atoms with Gasteiger partial charge in [0, 0.05) is 34.0 Å². The Kier molecular flexibility index (Phi) is 3.73. The van der Waals surface area contributed by atoms with Crippen molar-refractivity contribution in [1.29, 1.82) is 0 Å². The van der Waals surface area contributed by atoms with Crippen LogP contribution >= 0.6 is 11.3 Å². The van der Waals surface area contributed by atoms with E-state index in [0.29, 0.717) is 5.56 Å². The largest absolute Gasteiger partial charge is 0.366 e. The lowest BCUT2D eigenvalue weighted by Crippen LogP contribution is -2.10. The molecule has 0 radical (unpaired) electrons. The van der Waals surface area contributed by atoms with E-state index >= 15 is 0 Å². The van der Waals surface area contributed by atoms with Crippen molar-refractivity contribution in [2.75, 3.05) is 0 Å². The van der Waals surface area contributed by atoms with Gasteiger partial charge < -0.3 is 5.73 Å². The molecule has 1 amide bonds. The normalized spacial score (nSPS) is 10.6. The van der Waals surface area contributed by atoms with Gasteiger partial charge in [0.1, 0.15) is 5.01 Å². The summed E-state index contributed by atoms with van der Waals surface area (Å²) in [4.78, 5) is 21.4. The predicted octanol–water partition coefficient (Wildman–Crippen LogP) is 3.59. The second-order valence-electron chi connectivity index (χ2n) is 5.06. The van der Waals surface area contributed by atoms with Gasteiger partial charge in [-0.05, 0) is 37.6 Å². The summed E-state index contributed by atoms with van der Waals surface area (Å²) < 4.78 is 0. The predicted molar refractivity (Wildman–Crippen MR) is 88.8 cm³/mol. The van der Waals surface area contributed by atoms with Gasteiger partial charge in [-0.3, -0.25) is 9.78 Å². The molecule has 3 aromatic rings. The molecule has 0 bridgehead atoms. The minimum Gasteiger partial charge on any atom is -0.366 e. The standard InChI is InChI=1S/C17H15N3OS/c1-10-6-7-19-9-14(10)15-11(2)22-17(20-15)13-5-3-4-12(8-13)16(18)21/h3-9H,1-2H3,(H2,18,21). The van der Waals surface area contributed by atoms with Crippen molar-refractivity contribution in [3.05, 3.63) is 58.7 Å². The topological polar surface area (TPSA) is 68.9 Å². The summed E-state index contributed by atoms with van der Waals surface area (Å²) in [5.41, 5.74) is 9.85. The van der Waals surface area contributed by atoms with Crippen molar-refractivity contribution in [2.24, 2.45) is 5.73 Å². The van der Waals surface area contributed by atoms with Crippen molar-refractivity contribution in [2.45, 2.75) is 13.8 Å². The van der Waals surface area contributed by atoms with Crippen LogP contribution in [0.3, 0.4) is 0 Å². The number of hydrogen-bond acceptors (Lipinski definition) is 4. The number of nitrogens with zero attached hydrogens (tertiary/aromatic N) is 2. The van der Waals surface area contributed by atoms with E-state index in [9.17, 15) is 4.79 Å². The van der Waals surface area contributed by atoms with E-state index in [1.807, 2.05) is 38.2 Å². The molecule has 0 aliphatic carbocycles. The molecule has 22 heavy (non-hydrogen) atoms. The van der Waals surface area contributed by atoms with E-state index in [1.54, 1.807) is 29.7 Å². The molecule has 0 fully saturated rings. The maximum absolute atomic E-state index is 11.3. The van der Waals surface area contributed by atoms with Crippen molar-refractivity contribution >= 4 is 17.2 Å². The quantitative estimate of drug-likeness (QED) is 0.804. The molecule has 0 spiro atoms. The highest BCUT2D eigenvalue weighted by molar-refractivity contribution is 7.15. The van der Waals surface area contributed by atoms with Crippen molar-refractivity contribution in [3.63, 3.8) is 0 Å². The first-order valence-corrected chi connectivity index (χ1v) is 7.66. The number of aromatic nitrogens is 2. The van der Waals surface area contributed by atoms with Crippen LogP contribution in [0.4, 0.5) is 0 Å². The molecule has 2 N–H and O–H groups in total. The molecule has 2 aromatic heterocycles. The number of benzene rings is 1. The number of amides is 1. The molecule has 4 nitrogen and oxygen atoms in total. The first-order chi connectivity index (χ1) is 10.6. The minimum atomic E-state index is -0.432. The molecule has 0 aliphatic rings. The Balaban J connectivity index is 2.08. The third-order valence-corrected chi connectivity index (χ3v) is 4.50. The van der Waals surface area contributed by atoms with Gasteiger partial charge in [-0.1, -0.05) is 12.1 Å². The second kappa shape index (κ2) is 5.69. The van der Waals surface area contributed by atoms with Crippen LogP contribution in [0.5, 0.6) is 0 Å². The van der Waals surface area contributed by atoms with Gasteiger partial charge in [0.2, 0.25) is 5.91 Å². The number of carbonyl (C=O) groups is 1. The third kappa shape index (κ3) is 2.63. The van der Waals surface area contributed by atoms with Crippen LogP contribution in [-0.2, 0) is 0 Å². The Bertz CT molecular complexity index is 855. The van der Waals surface area contributed by atoms with Gasteiger partial charge in [-0.15, -0.1) is 11.3 Å². The Labute approximate surface area is 132 Å². The van der Waals surface area contributed by atoms with E-state index in [-0.39, 0.29) is 0 Å². The number of carbonyl (C=O) groups excluding carboxylic acids is 1. The van der Waals surface area contributed by atoms with E-state index in [2.05, 4.69) is 4.98 Å². The SMILES string of the molecule is Cc1ccncc1-c1nc(-c2cccc(C(N)=O)c2)sc1C. The zero-order valence-electron chi connectivity index (χ0n) is 12.3. The highest BCUT2D eigenvalue weighted by atomic mass is 32.1. The zero-order chi connectivity index (χ0) is 15.7. The summed E-state index contributed by atoms with van der Waals surface area (Å²) in [5, 5.41) is 0.874. The Morgan fingerprint density at radius 1 is 1.23 bits per heavy atom. The third-order valence-electron chi connectivity index (χ3n) is 3.48. The molecule has 1 aromatic carbocycles. The van der Waals surface area contributed by atoms with Crippen LogP contribution in [0, 0.1) is 13.8 Å². The summed E-state index contributed by atoms with van der Waals surface area (Å²) >= 11 is 1.60. The monoisotopic (exact) mass is 309 g/mol. The van der Waals surface area contributed by atoms with Crippen LogP contribution in [0.2, 0.25) is 0 Å². The molecule has 5 heteroatoms. The van der Waals surface area contributed by atoms with Crippen LogP contribution in [0.15, 0.2) is 42.7 Å². The molecule has 0 saturated heterocycles. The first-order valence-electron chi connectivity index (χ1n) is 6.85. The lowest BCUT2D eigenvalue weighted by molar-refractivity contribution is 0.100. The van der Waals surface area contributed by atoms with Crippen molar-refractivity contribution in [3.8, 4) is 21.8 Å². The van der Waals surface area contributed by atoms with Gasteiger partial charge in [0.05, 0.1) is 5.69 Å².